The van der Waals surface area contributed by atoms with Gasteiger partial charge in [0, 0.05) is 35.3 Å². The monoisotopic (exact) mass is 626 g/mol. The number of alkyl halides is 1. The standard InChI is InChI=1S/C30H47BrN2O5S/c1-8-10-11-12-17-38-27(37)21-22-25(35)32(15-13-16-34)24(30(22)18-20(31)23(21)39-30)26(36)33(14-9-2)29(6,7)19-28(3,4)5/h8-9,20-24,34H,1-2,10-19H2,3-7H3/t20?,21-,22+,23-,24?,30?/m1/s1. The Kier molecular flexibility index (Phi) is 10.5. The Labute approximate surface area is 247 Å². The molecule has 0 radical (unpaired) electrons. The molecule has 1 N–H and O–H groups in total. The van der Waals surface area contributed by atoms with Crippen LogP contribution in [0.15, 0.2) is 25.3 Å². The van der Waals surface area contributed by atoms with Crippen LogP contribution in [0.5, 0.6) is 0 Å². The molecule has 9 heteroatoms. The van der Waals surface area contributed by atoms with Crippen molar-refractivity contribution in [3.8, 4) is 0 Å². The molecule has 3 aliphatic heterocycles. The molecule has 0 aliphatic carbocycles. The SMILES string of the molecule is C=CCCCCOC(=O)[C@H]1[C@@H]2SC3(CC2Br)C(C(=O)N(CC=C)C(C)(C)CC(C)(C)C)N(CCCO)C(=O)[C@H]13. The van der Waals surface area contributed by atoms with Crippen LogP contribution in [0.3, 0.4) is 0 Å². The van der Waals surface area contributed by atoms with Crippen molar-refractivity contribution in [2.45, 2.75) is 99.5 Å². The minimum Gasteiger partial charge on any atom is -0.465 e. The number of ether oxygens (including phenoxy) is 1. The first kappa shape index (κ1) is 32.2. The van der Waals surface area contributed by atoms with Crippen LogP contribution in [0, 0.1) is 17.3 Å². The Morgan fingerprint density at radius 1 is 1.21 bits per heavy atom. The van der Waals surface area contributed by atoms with Gasteiger partial charge in [0.05, 0.1) is 23.2 Å². The maximum atomic E-state index is 14.6. The zero-order chi connectivity index (χ0) is 29.2. The number of likely N-dealkylation sites (tertiary alicyclic amines) is 1. The number of allylic oxidation sites excluding steroid dienone is 1. The summed E-state index contributed by atoms with van der Waals surface area (Å²) in [6, 6.07) is -0.721. The summed E-state index contributed by atoms with van der Waals surface area (Å²) < 4.78 is 4.98. The summed E-state index contributed by atoms with van der Waals surface area (Å²) >= 11 is 5.42. The van der Waals surface area contributed by atoms with E-state index in [9.17, 15) is 19.5 Å². The number of carbonyl (C=O) groups is 3. The van der Waals surface area contributed by atoms with Gasteiger partial charge < -0.3 is 19.6 Å². The van der Waals surface area contributed by atoms with E-state index in [2.05, 4.69) is 63.7 Å². The van der Waals surface area contributed by atoms with Crippen molar-refractivity contribution < 1.29 is 24.2 Å². The number of aliphatic hydroxyl groups excluding tert-OH is 1. The van der Waals surface area contributed by atoms with Crippen LogP contribution in [0.1, 0.15) is 73.1 Å². The molecule has 3 saturated heterocycles. The molecule has 3 aliphatic rings. The lowest BCUT2D eigenvalue weighted by molar-refractivity contribution is -0.154. The molecule has 1 spiro atoms. The third-order valence-corrected chi connectivity index (χ3v) is 11.4. The predicted molar refractivity (Wildman–Crippen MR) is 161 cm³/mol. The Balaban J connectivity index is 1.98. The highest BCUT2D eigenvalue weighted by Crippen LogP contribution is 2.68. The molecule has 3 fully saturated rings. The molecule has 3 heterocycles. The number of hydrogen-bond donors (Lipinski definition) is 1. The number of esters is 1. The van der Waals surface area contributed by atoms with Gasteiger partial charge in [-0.2, -0.15) is 0 Å². The van der Waals surface area contributed by atoms with E-state index in [4.69, 9.17) is 4.74 Å². The maximum absolute atomic E-state index is 14.6. The number of hydrogen-bond acceptors (Lipinski definition) is 6. The number of fused-ring (bicyclic) bond motifs is 1. The van der Waals surface area contributed by atoms with Crippen molar-refractivity contribution in [1.82, 2.24) is 9.80 Å². The highest BCUT2D eigenvalue weighted by atomic mass is 79.9. The summed E-state index contributed by atoms with van der Waals surface area (Å²) in [6.07, 6.45) is 7.85. The van der Waals surface area contributed by atoms with Gasteiger partial charge in [0.15, 0.2) is 0 Å². The van der Waals surface area contributed by atoms with Gasteiger partial charge in [0.2, 0.25) is 11.8 Å². The molecule has 3 unspecified atom stereocenters. The number of unbranched alkanes of at least 4 members (excludes halogenated alkanes) is 2. The normalized spacial score (nSPS) is 29.9. The minimum atomic E-state index is -0.730. The second-order valence-corrected chi connectivity index (χ2v) is 15.7. The van der Waals surface area contributed by atoms with E-state index in [1.165, 1.54) is 0 Å². The first-order valence-electron chi connectivity index (χ1n) is 14.2. The lowest BCUT2D eigenvalue weighted by Gasteiger charge is -2.46. The van der Waals surface area contributed by atoms with Crippen molar-refractivity contribution in [3.05, 3.63) is 25.3 Å². The number of thioether (sulfide) groups is 1. The molecule has 0 aromatic rings. The molecular weight excluding hydrogens is 580 g/mol. The summed E-state index contributed by atoms with van der Waals surface area (Å²) in [6.45, 7) is 19.1. The van der Waals surface area contributed by atoms with Crippen LogP contribution in [-0.4, -0.2) is 85.4 Å². The Hall–Kier alpha value is -1.32. The third kappa shape index (κ3) is 6.45. The largest absolute Gasteiger partial charge is 0.465 e. The van der Waals surface area contributed by atoms with Gasteiger partial charge in [-0.3, -0.25) is 14.4 Å². The number of halogens is 1. The summed E-state index contributed by atoms with van der Waals surface area (Å²) in [4.78, 5) is 45.7. The molecule has 0 aromatic carbocycles. The highest BCUT2D eigenvalue weighted by Gasteiger charge is 2.76. The van der Waals surface area contributed by atoms with Crippen LogP contribution in [0.2, 0.25) is 0 Å². The first-order valence-corrected chi connectivity index (χ1v) is 16.0. The van der Waals surface area contributed by atoms with E-state index in [0.29, 0.717) is 26.0 Å². The molecule has 2 bridgehead atoms. The molecule has 0 saturated carbocycles. The number of nitrogens with zero attached hydrogens (tertiary/aromatic N) is 2. The van der Waals surface area contributed by atoms with Crippen LogP contribution in [0.4, 0.5) is 0 Å². The Morgan fingerprint density at radius 2 is 1.90 bits per heavy atom. The summed E-state index contributed by atoms with van der Waals surface area (Å²) in [5.41, 5.74) is -0.503. The van der Waals surface area contributed by atoms with Crippen molar-refractivity contribution in [3.63, 3.8) is 0 Å². The number of aliphatic hydroxyl groups is 1. The number of amides is 2. The van der Waals surface area contributed by atoms with Gasteiger partial charge >= 0.3 is 5.97 Å². The van der Waals surface area contributed by atoms with Gasteiger partial charge in [0.1, 0.15) is 6.04 Å². The van der Waals surface area contributed by atoms with Crippen molar-refractivity contribution >= 4 is 45.5 Å². The molecule has 3 rings (SSSR count). The lowest BCUT2D eigenvalue weighted by Crippen LogP contribution is -2.60. The van der Waals surface area contributed by atoms with E-state index in [0.717, 1.165) is 25.7 Å². The van der Waals surface area contributed by atoms with Crippen molar-refractivity contribution in [1.29, 1.82) is 0 Å². The van der Waals surface area contributed by atoms with Gasteiger partial charge in [-0.15, -0.1) is 24.9 Å². The maximum Gasteiger partial charge on any atom is 0.310 e. The Morgan fingerprint density at radius 3 is 2.49 bits per heavy atom. The van der Waals surface area contributed by atoms with Gasteiger partial charge in [-0.25, -0.2) is 0 Å². The number of carbonyl (C=O) groups excluding carboxylic acids is 3. The van der Waals surface area contributed by atoms with Gasteiger partial charge in [-0.05, 0) is 57.8 Å². The average Bonchev–Trinajstić information content (AvgIpc) is 3.42. The fourth-order valence-corrected chi connectivity index (χ4v) is 10.7. The molecule has 7 nitrogen and oxygen atoms in total. The fraction of sp³-hybridized carbons (Fsp3) is 0.767. The van der Waals surface area contributed by atoms with Crippen molar-refractivity contribution in [2.75, 3.05) is 26.3 Å². The van der Waals surface area contributed by atoms with E-state index in [1.807, 2.05) is 11.0 Å². The predicted octanol–water partition coefficient (Wildman–Crippen LogP) is 4.96. The fourth-order valence-electron chi connectivity index (χ4n) is 7.12. The number of rotatable bonds is 14. The van der Waals surface area contributed by atoms with E-state index < -0.39 is 28.2 Å². The highest BCUT2D eigenvalue weighted by molar-refractivity contribution is 9.09. The van der Waals surface area contributed by atoms with Crippen LogP contribution in [-0.2, 0) is 19.1 Å². The van der Waals surface area contributed by atoms with Crippen LogP contribution >= 0.6 is 27.7 Å². The van der Waals surface area contributed by atoms with E-state index >= 15 is 0 Å². The van der Waals surface area contributed by atoms with Gasteiger partial charge in [0.25, 0.3) is 0 Å². The van der Waals surface area contributed by atoms with Crippen molar-refractivity contribution in [2.24, 2.45) is 17.3 Å². The second kappa shape index (κ2) is 12.7. The molecule has 6 atom stereocenters. The van der Waals surface area contributed by atoms with E-state index in [1.54, 1.807) is 22.7 Å². The summed E-state index contributed by atoms with van der Waals surface area (Å²) in [7, 11) is 0. The first-order chi connectivity index (χ1) is 18.3. The quantitative estimate of drug-likeness (QED) is 0.127. The van der Waals surface area contributed by atoms with Crippen LogP contribution in [0.25, 0.3) is 0 Å². The van der Waals surface area contributed by atoms with E-state index in [-0.39, 0.29) is 46.4 Å². The summed E-state index contributed by atoms with van der Waals surface area (Å²) in [5, 5.41) is 9.49. The molecule has 39 heavy (non-hydrogen) atoms. The zero-order valence-corrected chi connectivity index (χ0v) is 26.7. The third-order valence-electron chi connectivity index (χ3n) is 8.17. The molecule has 2 amide bonds. The summed E-state index contributed by atoms with van der Waals surface area (Å²) in [5.74, 6) is -1.85. The smallest absolute Gasteiger partial charge is 0.310 e. The molecule has 0 aromatic heterocycles. The minimum absolute atomic E-state index is 0.00611. The second-order valence-electron chi connectivity index (χ2n) is 13.0. The lowest BCUT2D eigenvalue weighted by atomic mass is 9.70. The molecule has 220 valence electrons. The van der Waals surface area contributed by atoms with Gasteiger partial charge in [-0.1, -0.05) is 48.9 Å². The molecular formula is C30H47BrN2O5S. The average molecular weight is 628 g/mol. The van der Waals surface area contributed by atoms with Crippen LogP contribution < -0.4 is 0 Å². The Bertz CT molecular complexity index is 950. The topological polar surface area (TPSA) is 87.2 Å². The zero-order valence-electron chi connectivity index (χ0n) is 24.3.